The van der Waals surface area contributed by atoms with Gasteiger partial charge in [-0.2, -0.15) is 0 Å². The second kappa shape index (κ2) is 6.51. The quantitative estimate of drug-likeness (QED) is 0.672. The molecule has 0 aromatic heterocycles. The molecule has 1 aliphatic rings. The number of Topliss-reactive ketones (excluding diaryl/α,β-unsaturated/α-hetero) is 1. The summed E-state index contributed by atoms with van der Waals surface area (Å²) in [7, 11) is 1.64. The average molecular weight is 353 g/mol. The van der Waals surface area contributed by atoms with Gasteiger partial charge in [-0.15, -0.1) is 0 Å². The lowest BCUT2D eigenvalue weighted by molar-refractivity contribution is 0.0818. The molecule has 0 heterocycles. The van der Waals surface area contributed by atoms with Crippen molar-refractivity contribution in [2.45, 2.75) is 46.5 Å². The number of hydrogen-bond donors (Lipinski definition) is 0. The van der Waals surface area contributed by atoms with Gasteiger partial charge in [0.05, 0.1) is 7.11 Å². The van der Waals surface area contributed by atoms with Crippen molar-refractivity contribution in [3.05, 3.63) is 28.2 Å². The van der Waals surface area contributed by atoms with Gasteiger partial charge in [-0.3, -0.25) is 4.79 Å². The van der Waals surface area contributed by atoms with Crippen LogP contribution in [0.4, 0.5) is 0 Å². The van der Waals surface area contributed by atoms with Crippen molar-refractivity contribution >= 4 is 21.7 Å². The van der Waals surface area contributed by atoms with Crippen molar-refractivity contribution in [2.75, 3.05) is 7.11 Å². The zero-order valence-electron chi connectivity index (χ0n) is 13.4. The van der Waals surface area contributed by atoms with Gasteiger partial charge in [0.15, 0.2) is 5.78 Å². The Bertz CT molecular complexity index is 508. The fraction of sp³-hybridized carbons (Fsp3) is 0.611. The summed E-state index contributed by atoms with van der Waals surface area (Å²) in [6, 6.07) is 5.61. The van der Waals surface area contributed by atoms with Crippen molar-refractivity contribution in [3.63, 3.8) is 0 Å². The van der Waals surface area contributed by atoms with Gasteiger partial charge in [0.1, 0.15) is 5.75 Å². The fourth-order valence-electron chi connectivity index (χ4n) is 3.26. The van der Waals surface area contributed by atoms with Crippen LogP contribution < -0.4 is 4.74 Å². The first-order chi connectivity index (χ1) is 9.82. The molecule has 1 aliphatic carbocycles. The van der Waals surface area contributed by atoms with Crippen LogP contribution in [0.5, 0.6) is 5.75 Å². The van der Waals surface area contributed by atoms with E-state index in [1.807, 2.05) is 18.2 Å². The predicted molar refractivity (Wildman–Crippen MR) is 89.9 cm³/mol. The number of halogens is 1. The third-order valence-corrected chi connectivity index (χ3v) is 5.42. The summed E-state index contributed by atoms with van der Waals surface area (Å²) < 4.78 is 6.02. The summed E-state index contributed by atoms with van der Waals surface area (Å²) in [5.74, 6) is 1.96. The Morgan fingerprint density at radius 1 is 1.19 bits per heavy atom. The number of methoxy groups -OCH3 is 1. The van der Waals surface area contributed by atoms with Gasteiger partial charge in [-0.05, 0) is 71.1 Å². The summed E-state index contributed by atoms with van der Waals surface area (Å²) in [6.07, 6.45) is 4.35. The molecule has 0 atom stereocenters. The molecule has 2 rings (SSSR count). The van der Waals surface area contributed by atoms with E-state index < -0.39 is 0 Å². The van der Waals surface area contributed by atoms with Crippen molar-refractivity contribution in [3.8, 4) is 5.75 Å². The van der Waals surface area contributed by atoms with Crippen LogP contribution in [-0.2, 0) is 0 Å². The van der Waals surface area contributed by atoms with Crippen LogP contribution in [0.25, 0.3) is 0 Å². The van der Waals surface area contributed by atoms with Crippen LogP contribution in [-0.4, -0.2) is 12.9 Å². The van der Waals surface area contributed by atoms with Crippen LogP contribution in [0.1, 0.15) is 56.8 Å². The highest BCUT2D eigenvalue weighted by Crippen LogP contribution is 2.41. The second-order valence-electron chi connectivity index (χ2n) is 7.12. The Labute approximate surface area is 136 Å². The number of carbonyl (C=O) groups is 1. The van der Waals surface area contributed by atoms with Gasteiger partial charge in [-0.25, -0.2) is 0 Å². The Kier molecular flexibility index (Phi) is 5.13. The van der Waals surface area contributed by atoms with E-state index >= 15 is 0 Å². The highest BCUT2D eigenvalue weighted by Gasteiger charge is 2.33. The number of benzene rings is 1. The Morgan fingerprint density at radius 3 is 2.29 bits per heavy atom. The summed E-state index contributed by atoms with van der Waals surface area (Å²) in [5, 5.41) is 0. The molecule has 0 spiro atoms. The van der Waals surface area contributed by atoms with E-state index in [9.17, 15) is 4.79 Å². The molecule has 1 aromatic rings. The van der Waals surface area contributed by atoms with Gasteiger partial charge in [0, 0.05) is 16.0 Å². The number of ketones is 1. The fourth-order valence-corrected chi connectivity index (χ4v) is 3.82. The third kappa shape index (κ3) is 3.88. The molecule has 1 saturated carbocycles. The highest BCUT2D eigenvalue weighted by atomic mass is 79.9. The molecule has 21 heavy (non-hydrogen) atoms. The largest absolute Gasteiger partial charge is 0.497 e. The lowest BCUT2D eigenvalue weighted by Gasteiger charge is -2.36. The number of hydrogen-bond acceptors (Lipinski definition) is 2. The van der Waals surface area contributed by atoms with E-state index in [4.69, 9.17) is 4.74 Å². The SMILES string of the molecule is COc1ccc(C(=O)C2CCC(C(C)(C)C)CC2)c(Br)c1. The van der Waals surface area contributed by atoms with Crippen molar-refractivity contribution in [1.82, 2.24) is 0 Å². The molecule has 0 amide bonds. The lowest BCUT2D eigenvalue weighted by atomic mass is 9.69. The zero-order chi connectivity index (χ0) is 15.6. The van der Waals surface area contributed by atoms with Gasteiger partial charge in [0.2, 0.25) is 0 Å². The summed E-state index contributed by atoms with van der Waals surface area (Å²) in [5.41, 5.74) is 1.14. The molecule has 3 heteroatoms. The summed E-state index contributed by atoms with van der Waals surface area (Å²) in [6.45, 7) is 6.92. The van der Waals surface area contributed by atoms with Crippen LogP contribution >= 0.6 is 15.9 Å². The van der Waals surface area contributed by atoms with Crippen LogP contribution in [0.2, 0.25) is 0 Å². The minimum Gasteiger partial charge on any atom is -0.497 e. The minimum absolute atomic E-state index is 0.174. The smallest absolute Gasteiger partial charge is 0.167 e. The van der Waals surface area contributed by atoms with Crippen LogP contribution in [0.15, 0.2) is 22.7 Å². The minimum atomic E-state index is 0.174. The lowest BCUT2D eigenvalue weighted by Crippen LogP contribution is -2.29. The maximum atomic E-state index is 12.7. The highest BCUT2D eigenvalue weighted by molar-refractivity contribution is 9.10. The van der Waals surface area contributed by atoms with E-state index in [1.54, 1.807) is 7.11 Å². The number of carbonyl (C=O) groups excluding carboxylic acids is 1. The number of ether oxygens (including phenoxy) is 1. The van der Waals surface area contributed by atoms with E-state index in [0.717, 1.165) is 47.4 Å². The molecule has 0 aliphatic heterocycles. The maximum absolute atomic E-state index is 12.7. The van der Waals surface area contributed by atoms with E-state index in [0.29, 0.717) is 5.41 Å². The number of rotatable bonds is 3. The van der Waals surface area contributed by atoms with Crippen molar-refractivity contribution in [2.24, 2.45) is 17.3 Å². The summed E-state index contributed by atoms with van der Waals surface area (Å²) in [4.78, 5) is 12.7. The van der Waals surface area contributed by atoms with Gasteiger partial charge < -0.3 is 4.74 Å². The third-order valence-electron chi connectivity index (χ3n) is 4.76. The van der Waals surface area contributed by atoms with Gasteiger partial charge in [-0.1, -0.05) is 20.8 Å². The molecule has 2 nitrogen and oxygen atoms in total. The van der Waals surface area contributed by atoms with Crippen LogP contribution in [0.3, 0.4) is 0 Å². The van der Waals surface area contributed by atoms with Gasteiger partial charge >= 0.3 is 0 Å². The molecule has 0 unspecified atom stereocenters. The van der Waals surface area contributed by atoms with E-state index in [1.165, 1.54) is 0 Å². The Morgan fingerprint density at radius 2 is 1.81 bits per heavy atom. The first kappa shape index (κ1) is 16.5. The van der Waals surface area contributed by atoms with Gasteiger partial charge in [0.25, 0.3) is 0 Å². The first-order valence-electron chi connectivity index (χ1n) is 7.70. The molecule has 1 fully saturated rings. The average Bonchev–Trinajstić information content (AvgIpc) is 2.45. The summed E-state index contributed by atoms with van der Waals surface area (Å²) >= 11 is 3.50. The monoisotopic (exact) mass is 352 g/mol. The zero-order valence-corrected chi connectivity index (χ0v) is 15.0. The molecule has 1 aromatic carbocycles. The molecule has 116 valence electrons. The van der Waals surface area contributed by atoms with Crippen LogP contribution in [0, 0.1) is 17.3 Å². The Hall–Kier alpha value is -0.830. The van der Waals surface area contributed by atoms with E-state index in [2.05, 4.69) is 36.7 Å². The topological polar surface area (TPSA) is 26.3 Å². The molecule has 0 bridgehead atoms. The molecule has 0 saturated heterocycles. The normalized spacial score (nSPS) is 22.9. The first-order valence-corrected chi connectivity index (χ1v) is 8.50. The predicted octanol–water partition coefficient (Wildman–Crippen LogP) is 5.49. The molecule has 0 N–H and O–H groups in total. The van der Waals surface area contributed by atoms with E-state index in [-0.39, 0.29) is 11.7 Å². The maximum Gasteiger partial charge on any atom is 0.167 e. The molecular formula is C18H25BrO2. The standard InChI is InChI=1S/C18H25BrO2/c1-18(2,3)13-7-5-12(6-8-13)17(20)15-10-9-14(21-4)11-16(15)19/h9-13H,5-8H2,1-4H3. The second-order valence-corrected chi connectivity index (χ2v) is 7.98. The molecule has 0 radical (unpaired) electrons. The Balaban J connectivity index is 2.05. The van der Waals surface area contributed by atoms with Crippen molar-refractivity contribution < 1.29 is 9.53 Å². The van der Waals surface area contributed by atoms with Crippen molar-refractivity contribution in [1.29, 1.82) is 0 Å². The molecular weight excluding hydrogens is 328 g/mol.